The van der Waals surface area contributed by atoms with E-state index in [4.69, 9.17) is 0 Å². The van der Waals surface area contributed by atoms with Gasteiger partial charge in [-0.25, -0.2) is 0 Å². The Kier molecular flexibility index (Phi) is 5.09. The summed E-state index contributed by atoms with van der Waals surface area (Å²) < 4.78 is 0. The summed E-state index contributed by atoms with van der Waals surface area (Å²) in [5.41, 5.74) is 0. The van der Waals surface area contributed by atoms with Crippen LogP contribution >= 0.6 is 45.8 Å². The molecule has 0 atom stereocenters. The second-order valence-corrected chi connectivity index (χ2v) is 8.26. The van der Waals surface area contributed by atoms with Crippen LogP contribution < -0.4 is 5.32 Å². The van der Waals surface area contributed by atoms with Crippen molar-refractivity contribution in [1.29, 1.82) is 0 Å². The van der Waals surface area contributed by atoms with Gasteiger partial charge in [0.15, 0.2) is 0 Å². The van der Waals surface area contributed by atoms with Crippen molar-refractivity contribution in [2.24, 2.45) is 0 Å². The van der Waals surface area contributed by atoms with Gasteiger partial charge in [-0.1, -0.05) is 23.9 Å². The van der Waals surface area contributed by atoms with Gasteiger partial charge in [0.2, 0.25) is 0 Å². The van der Waals surface area contributed by atoms with E-state index in [1.807, 2.05) is 41.1 Å². The zero-order valence-electron chi connectivity index (χ0n) is 11.3. The SMILES string of the molecule is O=C(NC(=O)c1ccc(-c2cccs2)s1)SCc1cccs1. The van der Waals surface area contributed by atoms with Crippen molar-refractivity contribution in [3.8, 4) is 9.75 Å². The van der Waals surface area contributed by atoms with Crippen LogP contribution in [-0.2, 0) is 5.75 Å². The Morgan fingerprint density at radius 1 is 1.00 bits per heavy atom. The lowest BCUT2D eigenvalue weighted by atomic mass is 10.3. The maximum Gasteiger partial charge on any atom is 0.286 e. The number of thioether (sulfide) groups is 1. The van der Waals surface area contributed by atoms with Crippen LogP contribution in [0.2, 0.25) is 0 Å². The maximum absolute atomic E-state index is 12.1. The third-order valence-corrected chi connectivity index (χ3v) is 6.76. The summed E-state index contributed by atoms with van der Waals surface area (Å²) >= 11 is 5.73. The van der Waals surface area contributed by atoms with Gasteiger partial charge < -0.3 is 0 Å². The van der Waals surface area contributed by atoms with Crippen molar-refractivity contribution in [2.75, 3.05) is 0 Å². The molecule has 0 fully saturated rings. The minimum absolute atomic E-state index is 0.315. The molecule has 0 unspecified atom stereocenters. The number of rotatable bonds is 4. The van der Waals surface area contributed by atoms with Crippen molar-refractivity contribution in [3.05, 3.63) is 56.9 Å². The van der Waals surface area contributed by atoms with Gasteiger partial charge in [-0.05, 0) is 35.0 Å². The van der Waals surface area contributed by atoms with Crippen LogP contribution in [0.4, 0.5) is 4.79 Å². The fraction of sp³-hybridized carbons (Fsp3) is 0.0667. The molecule has 0 aliphatic carbocycles. The summed E-state index contributed by atoms with van der Waals surface area (Å²) in [4.78, 5) is 27.7. The number of imide groups is 1. The molecule has 2 amide bonds. The highest BCUT2D eigenvalue weighted by atomic mass is 32.2. The zero-order valence-corrected chi connectivity index (χ0v) is 14.5. The van der Waals surface area contributed by atoms with Crippen LogP contribution in [0.15, 0.2) is 47.2 Å². The predicted molar refractivity (Wildman–Crippen MR) is 96.1 cm³/mol. The smallest absolute Gasteiger partial charge is 0.282 e. The third-order valence-electron chi connectivity index (χ3n) is 2.74. The predicted octanol–water partition coefficient (Wildman–Crippen LogP) is 5.32. The van der Waals surface area contributed by atoms with Gasteiger partial charge in [-0.15, -0.1) is 34.0 Å². The Balaban J connectivity index is 1.56. The van der Waals surface area contributed by atoms with Crippen molar-refractivity contribution in [3.63, 3.8) is 0 Å². The molecule has 0 aliphatic rings. The second-order valence-electron chi connectivity index (χ2n) is 4.25. The molecule has 7 heteroatoms. The Labute approximate surface area is 144 Å². The van der Waals surface area contributed by atoms with Crippen LogP contribution in [0.3, 0.4) is 0 Å². The molecule has 3 heterocycles. The fourth-order valence-corrected chi connectivity index (χ4v) is 4.94. The molecule has 0 radical (unpaired) electrons. The first-order valence-electron chi connectivity index (χ1n) is 6.36. The molecule has 3 rings (SSSR count). The van der Waals surface area contributed by atoms with E-state index in [-0.39, 0.29) is 11.1 Å². The Morgan fingerprint density at radius 2 is 1.82 bits per heavy atom. The minimum atomic E-state index is -0.337. The molecular weight excluding hydrogens is 354 g/mol. The quantitative estimate of drug-likeness (QED) is 0.680. The van der Waals surface area contributed by atoms with E-state index in [0.29, 0.717) is 10.6 Å². The molecule has 0 aliphatic heterocycles. The van der Waals surface area contributed by atoms with Crippen LogP contribution in [-0.4, -0.2) is 11.1 Å². The number of nitrogens with one attached hydrogen (secondary N) is 1. The second kappa shape index (κ2) is 7.23. The molecule has 0 spiro atoms. The van der Waals surface area contributed by atoms with Crippen LogP contribution in [0, 0.1) is 0 Å². The Bertz CT molecular complexity index is 759. The van der Waals surface area contributed by atoms with Crippen LogP contribution in [0.25, 0.3) is 9.75 Å². The van der Waals surface area contributed by atoms with Gasteiger partial charge in [-0.2, -0.15) is 0 Å². The lowest BCUT2D eigenvalue weighted by molar-refractivity contribution is 0.0973. The molecule has 22 heavy (non-hydrogen) atoms. The monoisotopic (exact) mass is 365 g/mol. The molecule has 0 saturated carbocycles. The van der Waals surface area contributed by atoms with Crippen LogP contribution in [0.1, 0.15) is 14.5 Å². The number of hydrogen-bond donors (Lipinski definition) is 1. The van der Waals surface area contributed by atoms with E-state index in [1.54, 1.807) is 28.7 Å². The Morgan fingerprint density at radius 3 is 2.55 bits per heavy atom. The highest BCUT2D eigenvalue weighted by Gasteiger charge is 2.14. The summed E-state index contributed by atoms with van der Waals surface area (Å²) in [6, 6.07) is 11.6. The normalized spacial score (nSPS) is 10.5. The van der Waals surface area contributed by atoms with Gasteiger partial charge >= 0.3 is 0 Å². The Hall–Kier alpha value is -1.41. The van der Waals surface area contributed by atoms with E-state index in [1.165, 1.54) is 11.3 Å². The van der Waals surface area contributed by atoms with Crippen molar-refractivity contribution < 1.29 is 9.59 Å². The zero-order chi connectivity index (χ0) is 15.4. The van der Waals surface area contributed by atoms with Gasteiger partial charge in [0.05, 0.1) is 4.88 Å². The van der Waals surface area contributed by atoms with Gasteiger partial charge in [-0.3, -0.25) is 14.9 Å². The average molecular weight is 366 g/mol. The molecule has 3 aromatic heterocycles. The first-order chi connectivity index (χ1) is 10.7. The average Bonchev–Trinajstić information content (AvgIpc) is 3.25. The first-order valence-corrected chi connectivity index (χ1v) is 9.93. The largest absolute Gasteiger partial charge is 0.286 e. The highest BCUT2D eigenvalue weighted by molar-refractivity contribution is 8.13. The molecule has 0 aromatic carbocycles. The molecule has 112 valence electrons. The lowest BCUT2D eigenvalue weighted by Gasteiger charge is -2.01. The summed E-state index contributed by atoms with van der Waals surface area (Å²) in [5.74, 6) is 0.248. The third kappa shape index (κ3) is 3.86. The summed E-state index contributed by atoms with van der Waals surface area (Å²) in [6.45, 7) is 0. The van der Waals surface area contributed by atoms with Gasteiger partial charge in [0.1, 0.15) is 0 Å². The molecule has 1 N–H and O–H groups in total. The van der Waals surface area contributed by atoms with Crippen molar-refractivity contribution in [2.45, 2.75) is 5.75 Å². The number of carbonyl (C=O) groups is 2. The lowest BCUT2D eigenvalue weighted by Crippen LogP contribution is -2.26. The molecular formula is C15H11NO2S4. The first kappa shape index (κ1) is 15.5. The number of hydrogen-bond acceptors (Lipinski definition) is 6. The fourth-order valence-electron chi connectivity index (χ4n) is 1.73. The van der Waals surface area contributed by atoms with E-state index in [0.717, 1.165) is 26.4 Å². The number of carbonyl (C=O) groups excluding carboxylic acids is 2. The number of amides is 2. The van der Waals surface area contributed by atoms with E-state index >= 15 is 0 Å². The van der Waals surface area contributed by atoms with E-state index in [9.17, 15) is 9.59 Å². The highest BCUT2D eigenvalue weighted by Crippen LogP contribution is 2.31. The van der Waals surface area contributed by atoms with Crippen molar-refractivity contribution >= 4 is 56.9 Å². The van der Waals surface area contributed by atoms with Gasteiger partial charge in [0.25, 0.3) is 11.1 Å². The van der Waals surface area contributed by atoms with E-state index < -0.39 is 0 Å². The van der Waals surface area contributed by atoms with E-state index in [2.05, 4.69) is 5.32 Å². The summed E-state index contributed by atoms with van der Waals surface area (Å²) in [7, 11) is 0. The van der Waals surface area contributed by atoms with Crippen LogP contribution in [0.5, 0.6) is 0 Å². The molecule has 3 aromatic rings. The molecule has 0 saturated heterocycles. The molecule has 3 nitrogen and oxygen atoms in total. The molecule has 0 bridgehead atoms. The summed E-state index contributed by atoms with van der Waals surface area (Å²) in [6.07, 6.45) is 0. The minimum Gasteiger partial charge on any atom is -0.282 e. The number of thiophene rings is 3. The topological polar surface area (TPSA) is 46.2 Å². The standard InChI is InChI=1S/C15H11NO2S4/c17-14(16-15(18)21-9-10-3-1-7-19-10)13-6-5-12(22-13)11-4-2-8-20-11/h1-8H,9H2,(H,16,17,18). The van der Waals surface area contributed by atoms with Gasteiger partial charge in [0, 0.05) is 20.4 Å². The summed E-state index contributed by atoms with van der Waals surface area (Å²) in [5, 5.41) is 6.07. The van der Waals surface area contributed by atoms with Crippen molar-refractivity contribution in [1.82, 2.24) is 5.32 Å². The maximum atomic E-state index is 12.1.